The van der Waals surface area contributed by atoms with E-state index in [9.17, 15) is 9.36 Å². The van der Waals surface area contributed by atoms with Crippen molar-refractivity contribution in [3.8, 4) is 5.75 Å². The van der Waals surface area contributed by atoms with Crippen LogP contribution >= 0.6 is 7.75 Å². The lowest BCUT2D eigenvalue weighted by atomic mass is 10.1. The number of nitrogen functional groups attached to an aromatic ring is 1. The number of ether oxygens (including phenoxy) is 2. The standard InChI is InChI=1S/C26H38N7O6P/c1-6-12-28-22-21-23(31-26(27)30-22)33(15-29-21)24-17(4)13-20(38-24)14-36-40(35,39-19-10-8-7-9-11-19)32-18(5)25(34)37-16(2)3/h7-11,15-18,20,24H,6,12-14H2,1-5H3,(H,32,35)(H3,27,28,30,31)/t17-,18-,20-,24+,40+/m0/s1. The van der Waals surface area contributed by atoms with Gasteiger partial charge in [0.2, 0.25) is 5.95 Å². The second-order valence-electron chi connectivity index (χ2n) is 10.1. The number of benzene rings is 1. The molecule has 1 aliphatic rings. The lowest BCUT2D eigenvalue weighted by molar-refractivity contribution is -0.149. The smallest absolute Gasteiger partial charge is 0.459 e. The van der Waals surface area contributed by atoms with Gasteiger partial charge in [-0.1, -0.05) is 32.0 Å². The number of esters is 1. The second-order valence-corrected chi connectivity index (χ2v) is 11.8. The van der Waals surface area contributed by atoms with Crippen molar-refractivity contribution in [1.29, 1.82) is 0 Å². The number of nitrogens with one attached hydrogen (secondary N) is 2. The average Bonchev–Trinajstić information content (AvgIpc) is 3.48. The van der Waals surface area contributed by atoms with Gasteiger partial charge in [-0.2, -0.15) is 15.1 Å². The third-order valence-corrected chi connectivity index (χ3v) is 7.81. The van der Waals surface area contributed by atoms with Crippen molar-refractivity contribution in [2.75, 3.05) is 24.2 Å². The molecule has 5 atom stereocenters. The molecule has 40 heavy (non-hydrogen) atoms. The van der Waals surface area contributed by atoms with Crippen LogP contribution in [0, 0.1) is 5.92 Å². The Hall–Kier alpha value is -3.25. The van der Waals surface area contributed by atoms with E-state index in [1.807, 2.05) is 17.6 Å². The Kier molecular flexibility index (Phi) is 9.62. The quantitative estimate of drug-likeness (QED) is 0.196. The van der Waals surface area contributed by atoms with Crippen molar-refractivity contribution < 1.29 is 27.9 Å². The molecule has 2 aromatic heterocycles. The molecule has 4 rings (SSSR count). The molecule has 1 saturated heterocycles. The monoisotopic (exact) mass is 575 g/mol. The van der Waals surface area contributed by atoms with Gasteiger partial charge in [-0.05, 0) is 45.7 Å². The van der Waals surface area contributed by atoms with Crippen LogP contribution in [-0.4, -0.2) is 56.9 Å². The molecule has 0 bridgehead atoms. The summed E-state index contributed by atoms with van der Waals surface area (Å²) in [5.74, 6) is 0.521. The summed E-state index contributed by atoms with van der Waals surface area (Å²) in [5, 5.41) is 5.94. The van der Waals surface area contributed by atoms with E-state index >= 15 is 0 Å². The molecule has 0 radical (unpaired) electrons. The summed E-state index contributed by atoms with van der Waals surface area (Å²) in [6.07, 6.45) is 2.04. The number of imidazole rings is 1. The predicted octanol–water partition coefficient (Wildman–Crippen LogP) is 4.29. The van der Waals surface area contributed by atoms with Crippen LogP contribution in [0.5, 0.6) is 5.75 Å². The van der Waals surface area contributed by atoms with Gasteiger partial charge in [0, 0.05) is 12.5 Å². The summed E-state index contributed by atoms with van der Waals surface area (Å²) in [4.78, 5) is 25.6. The number of rotatable bonds is 13. The van der Waals surface area contributed by atoms with E-state index in [-0.39, 0.29) is 24.6 Å². The third-order valence-electron chi connectivity index (χ3n) is 6.17. The van der Waals surface area contributed by atoms with E-state index in [0.29, 0.717) is 29.2 Å². The highest BCUT2D eigenvalue weighted by molar-refractivity contribution is 7.52. The zero-order valence-corrected chi connectivity index (χ0v) is 24.3. The van der Waals surface area contributed by atoms with E-state index in [2.05, 4.69) is 32.3 Å². The van der Waals surface area contributed by atoms with Crippen LogP contribution < -0.4 is 20.7 Å². The normalized spacial score (nSPS) is 21.3. The lowest BCUT2D eigenvalue weighted by Gasteiger charge is -2.24. The van der Waals surface area contributed by atoms with Crippen LogP contribution in [0.1, 0.15) is 53.7 Å². The van der Waals surface area contributed by atoms with Crippen LogP contribution in [0.25, 0.3) is 11.2 Å². The highest BCUT2D eigenvalue weighted by Crippen LogP contribution is 2.46. The van der Waals surface area contributed by atoms with Crippen molar-refractivity contribution >= 4 is 36.6 Å². The van der Waals surface area contributed by atoms with Crippen LogP contribution in [0.15, 0.2) is 36.7 Å². The summed E-state index contributed by atoms with van der Waals surface area (Å²) < 4.78 is 38.8. The first-order chi connectivity index (χ1) is 19.1. The van der Waals surface area contributed by atoms with Gasteiger partial charge < -0.3 is 25.0 Å². The molecule has 1 aliphatic heterocycles. The fraction of sp³-hybridized carbons (Fsp3) is 0.538. The number of aromatic nitrogens is 4. The number of nitrogens with zero attached hydrogens (tertiary/aromatic N) is 4. The Morgan fingerprint density at radius 2 is 2.00 bits per heavy atom. The largest absolute Gasteiger partial charge is 0.462 e. The minimum atomic E-state index is -4.01. The zero-order chi connectivity index (χ0) is 28.9. The number of nitrogens with two attached hydrogens (primary N) is 1. The number of anilines is 2. The third kappa shape index (κ3) is 7.28. The van der Waals surface area contributed by atoms with Gasteiger partial charge in [-0.3, -0.25) is 13.9 Å². The molecule has 0 amide bonds. The fourth-order valence-corrected chi connectivity index (χ4v) is 5.89. The molecule has 1 fully saturated rings. The highest BCUT2D eigenvalue weighted by atomic mass is 31.2. The number of hydrogen-bond donors (Lipinski definition) is 3. The minimum Gasteiger partial charge on any atom is -0.462 e. The summed E-state index contributed by atoms with van der Waals surface area (Å²) in [5.41, 5.74) is 7.14. The number of fused-ring (bicyclic) bond motifs is 1. The topological polar surface area (TPSA) is 165 Å². The van der Waals surface area contributed by atoms with Gasteiger partial charge in [0.15, 0.2) is 17.0 Å². The molecule has 0 aliphatic carbocycles. The van der Waals surface area contributed by atoms with Gasteiger partial charge in [0.05, 0.1) is 25.1 Å². The van der Waals surface area contributed by atoms with Crippen LogP contribution in [0.3, 0.4) is 0 Å². The predicted molar refractivity (Wildman–Crippen MR) is 151 cm³/mol. The van der Waals surface area contributed by atoms with Gasteiger partial charge in [-0.15, -0.1) is 0 Å². The number of carbonyl (C=O) groups excluding carboxylic acids is 1. The molecule has 0 saturated carbocycles. The van der Waals surface area contributed by atoms with Crippen molar-refractivity contribution in [2.45, 2.75) is 71.9 Å². The molecular weight excluding hydrogens is 537 g/mol. The molecule has 1 aromatic carbocycles. The first-order valence-corrected chi connectivity index (χ1v) is 15.0. The maximum Gasteiger partial charge on any atom is 0.459 e. The van der Waals surface area contributed by atoms with E-state index in [4.69, 9.17) is 24.3 Å². The maximum absolute atomic E-state index is 13.8. The van der Waals surface area contributed by atoms with Crippen molar-refractivity contribution in [3.63, 3.8) is 0 Å². The van der Waals surface area contributed by atoms with Gasteiger partial charge in [-0.25, -0.2) is 9.55 Å². The number of carbonyl (C=O) groups is 1. The Bertz CT molecular complexity index is 1340. The van der Waals surface area contributed by atoms with Gasteiger partial charge >= 0.3 is 13.7 Å². The Morgan fingerprint density at radius 1 is 1.25 bits per heavy atom. The molecule has 218 valence electrons. The molecule has 14 heteroatoms. The zero-order valence-electron chi connectivity index (χ0n) is 23.4. The van der Waals surface area contributed by atoms with E-state index in [0.717, 1.165) is 13.0 Å². The van der Waals surface area contributed by atoms with Crippen molar-refractivity contribution in [1.82, 2.24) is 24.6 Å². The van der Waals surface area contributed by atoms with Crippen molar-refractivity contribution in [2.24, 2.45) is 5.92 Å². The Morgan fingerprint density at radius 3 is 2.70 bits per heavy atom. The molecule has 4 N–H and O–H groups in total. The van der Waals surface area contributed by atoms with Gasteiger partial charge in [0.1, 0.15) is 18.0 Å². The minimum absolute atomic E-state index is 0.0447. The fourth-order valence-electron chi connectivity index (χ4n) is 4.37. The number of hydrogen-bond acceptors (Lipinski definition) is 11. The lowest BCUT2D eigenvalue weighted by Crippen LogP contribution is -2.36. The van der Waals surface area contributed by atoms with Gasteiger partial charge in [0.25, 0.3) is 0 Å². The molecule has 3 aromatic rings. The molecule has 0 unspecified atom stereocenters. The van der Waals surface area contributed by atoms with E-state index in [1.54, 1.807) is 51.4 Å². The summed E-state index contributed by atoms with van der Waals surface area (Å²) >= 11 is 0. The maximum atomic E-state index is 13.8. The first-order valence-electron chi connectivity index (χ1n) is 13.5. The first kappa shape index (κ1) is 29.7. The number of para-hydroxylation sites is 1. The van der Waals surface area contributed by atoms with Crippen LogP contribution in [0.4, 0.5) is 11.8 Å². The van der Waals surface area contributed by atoms with Crippen LogP contribution in [-0.2, 0) is 23.4 Å². The van der Waals surface area contributed by atoms with Crippen molar-refractivity contribution in [3.05, 3.63) is 36.7 Å². The summed E-state index contributed by atoms with van der Waals surface area (Å²) in [6, 6.07) is 7.67. The van der Waals surface area contributed by atoms with E-state index in [1.165, 1.54) is 0 Å². The molecule has 3 heterocycles. The Labute approximate surface area is 233 Å². The average molecular weight is 576 g/mol. The molecule has 13 nitrogen and oxygen atoms in total. The Balaban J connectivity index is 1.48. The molecular formula is C26H38N7O6P. The second kappa shape index (κ2) is 12.9. The van der Waals surface area contributed by atoms with E-state index < -0.39 is 32.1 Å². The summed E-state index contributed by atoms with van der Waals surface area (Å²) in [6.45, 7) is 9.80. The summed E-state index contributed by atoms with van der Waals surface area (Å²) in [7, 11) is -4.01. The highest BCUT2D eigenvalue weighted by Gasteiger charge is 2.38. The SMILES string of the molecule is CCCNc1nc(N)nc2c1ncn2[C@@H]1O[C@H](CO[P@](=O)(N[C@@H](C)C(=O)OC(C)C)Oc2ccccc2)C[C@@H]1C. The van der Waals surface area contributed by atoms with Crippen LogP contribution in [0.2, 0.25) is 0 Å². The molecule has 0 spiro atoms.